The average Bonchev–Trinajstić information content (AvgIpc) is 2.61. The van der Waals surface area contributed by atoms with Crippen molar-refractivity contribution in [2.75, 3.05) is 31.4 Å². The summed E-state index contributed by atoms with van der Waals surface area (Å²) in [5, 5.41) is 5.95. The molecule has 2 rings (SSSR count). The minimum Gasteiger partial charge on any atom is -0.497 e. The third kappa shape index (κ3) is 5.24. The van der Waals surface area contributed by atoms with Gasteiger partial charge in [-0.2, -0.15) is 0 Å². The molecule has 0 radical (unpaired) electrons. The molecule has 0 aromatic heterocycles. The van der Waals surface area contributed by atoms with Crippen LogP contribution in [0.1, 0.15) is 23.7 Å². The molecule has 0 saturated carbocycles. The maximum Gasteiger partial charge on any atom is 0.226 e. The lowest BCUT2D eigenvalue weighted by Crippen LogP contribution is -2.16. The highest BCUT2D eigenvalue weighted by Crippen LogP contribution is 2.28. The molecule has 132 valence electrons. The van der Waals surface area contributed by atoms with E-state index < -0.39 is 0 Å². The van der Waals surface area contributed by atoms with E-state index in [1.54, 1.807) is 50.6 Å². The molecule has 0 spiro atoms. The summed E-state index contributed by atoms with van der Waals surface area (Å²) in [4.78, 5) is 23.4. The molecule has 0 bridgehead atoms. The molecule has 6 heteroatoms. The van der Waals surface area contributed by atoms with E-state index in [1.165, 1.54) is 6.92 Å². The van der Waals surface area contributed by atoms with Gasteiger partial charge in [0.15, 0.2) is 5.78 Å². The van der Waals surface area contributed by atoms with Gasteiger partial charge in [0, 0.05) is 30.3 Å². The Labute approximate surface area is 147 Å². The molecular weight excluding hydrogens is 320 g/mol. The van der Waals surface area contributed by atoms with Gasteiger partial charge in [-0.3, -0.25) is 9.59 Å². The van der Waals surface area contributed by atoms with Crippen LogP contribution in [0.4, 0.5) is 11.4 Å². The summed E-state index contributed by atoms with van der Waals surface area (Å²) in [5.74, 6) is 1.20. The molecule has 2 N–H and O–H groups in total. The fourth-order valence-corrected chi connectivity index (χ4v) is 2.30. The Balaban J connectivity index is 1.90. The first-order valence-corrected chi connectivity index (χ1v) is 7.90. The first kappa shape index (κ1) is 18.3. The largest absolute Gasteiger partial charge is 0.497 e. The third-order valence-corrected chi connectivity index (χ3v) is 3.63. The number of ether oxygens (including phenoxy) is 2. The van der Waals surface area contributed by atoms with Crippen LogP contribution in [-0.4, -0.2) is 32.5 Å². The van der Waals surface area contributed by atoms with Crippen molar-refractivity contribution in [3.63, 3.8) is 0 Å². The summed E-state index contributed by atoms with van der Waals surface area (Å²) in [6, 6.07) is 12.3. The van der Waals surface area contributed by atoms with E-state index in [-0.39, 0.29) is 18.1 Å². The number of ketones is 1. The van der Waals surface area contributed by atoms with Crippen LogP contribution in [0.2, 0.25) is 0 Å². The van der Waals surface area contributed by atoms with Crippen LogP contribution in [0.25, 0.3) is 0 Å². The summed E-state index contributed by atoms with van der Waals surface area (Å²) in [6.07, 6.45) is 0.269. The second-order valence-electron chi connectivity index (χ2n) is 5.43. The molecule has 6 nitrogen and oxygen atoms in total. The predicted octanol–water partition coefficient (Wildman–Crippen LogP) is 3.35. The van der Waals surface area contributed by atoms with Crippen LogP contribution in [0.15, 0.2) is 42.5 Å². The number of rotatable bonds is 8. The summed E-state index contributed by atoms with van der Waals surface area (Å²) in [5.41, 5.74) is 1.93. The van der Waals surface area contributed by atoms with Crippen LogP contribution >= 0.6 is 0 Å². The van der Waals surface area contributed by atoms with Gasteiger partial charge < -0.3 is 20.1 Å². The maximum atomic E-state index is 12.1. The van der Waals surface area contributed by atoms with Crippen LogP contribution < -0.4 is 20.1 Å². The van der Waals surface area contributed by atoms with Crippen LogP contribution in [0, 0.1) is 0 Å². The van der Waals surface area contributed by atoms with Crippen molar-refractivity contribution in [1.29, 1.82) is 0 Å². The summed E-state index contributed by atoms with van der Waals surface area (Å²) < 4.78 is 10.5. The van der Waals surface area contributed by atoms with E-state index >= 15 is 0 Å². The predicted molar refractivity (Wildman–Crippen MR) is 97.7 cm³/mol. The Hall–Kier alpha value is -3.02. The molecule has 0 unspecified atom stereocenters. The third-order valence-electron chi connectivity index (χ3n) is 3.63. The van der Waals surface area contributed by atoms with Crippen LogP contribution in [0.3, 0.4) is 0 Å². The van der Waals surface area contributed by atoms with Gasteiger partial charge >= 0.3 is 0 Å². The number of nitrogens with one attached hydrogen (secondary N) is 2. The quantitative estimate of drug-likeness (QED) is 0.720. The molecule has 25 heavy (non-hydrogen) atoms. The zero-order valence-electron chi connectivity index (χ0n) is 14.6. The van der Waals surface area contributed by atoms with Gasteiger partial charge in [-0.05, 0) is 31.2 Å². The van der Waals surface area contributed by atoms with Crippen molar-refractivity contribution in [3.8, 4) is 11.5 Å². The Morgan fingerprint density at radius 2 is 1.84 bits per heavy atom. The van der Waals surface area contributed by atoms with Crippen molar-refractivity contribution >= 4 is 23.1 Å². The number of methoxy groups -OCH3 is 2. The van der Waals surface area contributed by atoms with Gasteiger partial charge in [0.2, 0.25) is 5.91 Å². The van der Waals surface area contributed by atoms with Gasteiger partial charge in [-0.25, -0.2) is 0 Å². The monoisotopic (exact) mass is 342 g/mol. The molecule has 2 aromatic carbocycles. The minimum atomic E-state index is -0.143. The normalized spacial score (nSPS) is 10.0. The first-order chi connectivity index (χ1) is 12.0. The minimum absolute atomic E-state index is 0.0390. The maximum absolute atomic E-state index is 12.1. The second-order valence-corrected chi connectivity index (χ2v) is 5.43. The molecule has 0 fully saturated rings. The van der Waals surface area contributed by atoms with E-state index in [4.69, 9.17) is 9.47 Å². The highest BCUT2D eigenvalue weighted by molar-refractivity contribution is 5.97. The van der Waals surface area contributed by atoms with Gasteiger partial charge in [0.05, 0.1) is 19.9 Å². The Kier molecular flexibility index (Phi) is 6.39. The smallest absolute Gasteiger partial charge is 0.226 e. The number of Topliss-reactive ketones (excluding diaryl/α,β-unsaturated/α-hetero) is 1. The molecule has 0 aliphatic rings. The van der Waals surface area contributed by atoms with Gasteiger partial charge in [0.1, 0.15) is 11.5 Å². The molecular formula is C19H22N2O4. The zero-order chi connectivity index (χ0) is 18.2. The van der Waals surface area contributed by atoms with Crippen molar-refractivity contribution in [3.05, 3.63) is 48.0 Å². The molecule has 1 amide bonds. The van der Waals surface area contributed by atoms with Crippen molar-refractivity contribution in [1.82, 2.24) is 0 Å². The lowest BCUT2D eigenvalue weighted by atomic mass is 10.1. The van der Waals surface area contributed by atoms with E-state index in [9.17, 15) is 9.59 Å². The highest BCUT2D eigenvalue weighted by atomic mass is 16.5. The number of carbonyl (C=O) groups excluding carboxylic acids is 2. The first-order valence-electron chi connectivity index (χ1n) is 7.90. The molecule has 2 aromatic rings. The van der Waals surface area contributed by atoms with E-state index in [0.717, 1.165) is 5.69 Å². The number of amides is 1. The Bertz CT molecular complexity index is 759. The fourth-order valence-electron chi connectivity index (χ4n) is 2.30. The van der Waals surface area contributed by atoms with Gasteiger partial charge in [-0.1, -0.05) is 12.1 Å². The number of anilines is 2. The summed E-state index contributed by atoms with van der Waals surface area (Å²) >= 11 is 0. The standard InChI is InChI=1S/C19H22N2O4/c1-13(22)14-5-4-6-15(11-14)21-19(23)9-10-20-17-12-16(24-2)7-8-18(17)25-3/h4-8,11-12,20H,9-10H2,1-3H3,(H,21,23). The van der Waals surface area contributed by atoms with E-state index in [1.807, 2.05) is 6.07 Å². The lowest BCUT2D eigenvalue weighted by molar-refractivity contribution is -0.115. The van der Waals surface area contributed by atoms with Gasteiger partial charge in [0.25, 0.3) is 0 Å². The molecule has 0 saturated heterocycles. The van der Waals surface area contributed by atoms with Gasteiger partial charge in [-0.15, -0.1) is 0 Å². The highest BCUT2D eigenvalue weighted by Gasteiger charge is 2.07. The fraction of sp³-hybridized carbons (Fsp3) is 0.263. The van der Waals surface area contributed by atoms with E-state index in [0.29, 0.717) is 29.3 Å². The molecule has 0 aliphatic carbocycles. The molecule has 0 aliphatic heterocycles. The molecule has 0 atom stereocenters. The van der Waals surface area contributed by atoms with Crippen LogP contribution in [-0.2, 0) is 4.79 Å². The van der Waals surface area contributed by atoms with E-state index in [2.05, 4.69) is 10.6 Å². The SMILES string of the molecule is COc1ccc(OC)c(NCCC(=O)Nc2cccc(C(C)=O)c2)c1. The van der Waals surface area contributed by atoms with Crippen molar-refractivity contribution < 1.29 is 19.1 Å². The average molecular weight is 342 g/mol. The van der Waals surface area contributed by atoms with Crippen molar-refractivity contribution in [2.24, 2.45) is 0 Å². The number of hydrogen-bond donors (Lipinski definition) is 2. The lowest BCUT2D eigenvalue weighted by Gasteiger charge is -2.12. The Morgan fingerprint density at radius 3 is 2.52 bits per heavy atom. The topological polar surface area (TPSA) is 76.7 Å². The van der Waals surface area contributed by atoms with Crippen LogP contribution in [0.5, 0.6) is 11.5 Å². The number of hydrogen-bond acceptors (Lipinski definition) is 5. The number of benzene rings is 2. The summed E-state index contributed by atoms with van der Waals surface area (Å²) in [7, 11) is 3.18. The summed E-state index contributed by atoms with van der Waals surface area (Å²) in [6.45, 7) is 1.92. The Morgan fingerprint density at radius 1 is 1.04 bits per heavy atom. The number of carbonyl (C=O) groups is 2. The second kappa shape index (κ2) is 8.73. The molecule has 0 heterocycles. The van der Waals surface area contributed by atoms with Crippen molar-refractivity contribution in [2.45, 2.75) is 13.3 Å². The zero-order valence-corrected chi connectivity index (χ0v) is 14.6.